The van der Waals surface area contributed by atoms with Gasteiger partial charge in [-0.2, -0.15) is 0 Å². The van der Waals surface area contributed by atoms with Crippen LogP contribution in [0.2, 0.25) is 0 Å². The summed E-state index contributed by atoms with van der Waals surface area (Å²) in [5.41, 5.74) is 4.52. The average molecular weight is 355 g/mol. The Labute approximate surface area is 151 Å². The maximum absolute atomic E-state index is 11.7. The van der Waals surface area contributed by atoms with Gasteiger partial charge in [0.25, 0.3) is 5.91 Å². The molecule has 122 valence electrons. The normalized spacial score (nSPS) is 15.7. The first-order valence-electron chi connectivity index (χ1n) is 7.55. The number of ether oxygens (including phenoxy) is 1. The van der Waals surface area contributed by atoms with Crippen LogP contribution in [0.4, 0.5) is 0 Å². The van der Waals surface area contributed by atoms with Crippen LogP contribution in [0.1, 0.15) is 22.3 Å². The van der Waals surface area contributed by atoms with Crippen molar-refractivity contribution >= 4 is 40.3 Å². The van der Waals surface area contributed by atoms with Crippen LogP contribution in [0, 0.1) is 13.8 Å². The van der Waals surface area contributed by atoms with E-state index < -0.39 is 0 Å². The third-order valence-corrected chi connectivity index (χ3v) is 4.86. The van der Waals surface area contributed by atoms with Crippen LogP contribution in [0.25, 0.3) is 6.08 Å². The minimum Gasteiger partial charge on any atom is -0.489 e. The maximum Gasteiger partial charge on any atom is 0.263 e. The van der Waals surface area contributed by atoms with Crippen LogP contribution in [-0.4, -0.2) is 10.2 Å². The lowest BCUT2D eigenvalue weighted by Crippen LogP contribution is -2.17. The van der Waals surface area contributed by atoms with Gasteiger partial charge in [0.1, 0.15) is 16.7 Å². The molecule has 1 fully saturated rings. The Bertz CT molecular complexity index is 843. The fourth-order valence-corrected chi connectivity index (χ4v) is 3.43. The van der Waals surface area contributed by atoms with Crippen molar-refractivity contribution in [3.8, 4) is 5.75 Å². The predicted octanol–water partition coefficient (Wildman–Crippen LogP) is 4.37. The Morgan fingerprint density at radius 1 is 1.21 bits per heavy atom. The van der Waals surface area contributed by atoms with E-state index in [9.17, 15) is 4.79 Å². The quantitative estimate of drug-likeness (QED) is 0.653. The lowest BCUT2D eigenvalue weighted by Gasteiger charge is -2.10. The zero-order valence-corrected chi connectivity index (χ0v) is 15.1. The molecular weight excluding hydrogens is 338 g/mol. The molecule has 0 saturated carbocycles. The van der Waals surface area contributed by atoms with E-state index in [1.807, 2.05) is 30.3 Å². The molecule has 1 N–H and O–H groups in total. The van der Waals surface area contributed by atoms with Crippen molar-refractivity contribution < 1.29 is 9.53 Å². The molecule has 0 unspecified atom stereocenters. The van der Waals surface area contributed by atoms with Gasteiger partial charge in [-0.05, 0) is 48.7 Å². The molecule has 0 aromatic heterocycles. The van der Waals surface area contributed by atoms with E-state index in [1.54, 1.807) is 0 Å². The second-order valence-electron chi connectivity index (χ2n) is 5.64. The molecule has 0 spiro atoms. The standard InChI is InChI=1S/C19H17NO2S2/c1-12-6-7-13(2)15(8-12)11-22-16-5-3-4-14(9-16)10-17-18(21)20-19(23)24-17/h3-10H,11H2,1-2H3,(H,20,21,23). The second-order valence-corrected chi connectivity index (χ2v) is 7.36. The minimum atomic E-state index is -0.147. The maximum atomic E-state index is 11.7. The number of hydrogen-bond acceptors (Lipinski definition) is 4. The van der Waals surface area contributed by atoms with E-state index in [-0.39, 0.29) is 5.91 Å². The molecule has 0 aliphatic carbocycles. The number of benzene rings is 2. The smallest absolute Gasteiger partial charge is 0.263 e. The SMILES string of the molecule is Cc1ccc(C)c(COc2cccc(C=C3SC(=S)NC3=O)c2)c1. The average Bonchev–Trinajstić information content (AvgIpc) is 2.86. The molecule has 1 aliphatic heterocycles. The number of thioether (sulfide) groups is 1. The topological polar surface area (TPSA) is 38.3 Å². The highest BCUT2D eigenvalue weighted by Crippen LogP contribution is 2.27. The number of amides is 1. The molecule has 24 heavy (non-hydrogen) atoms. The van der Waals surface area contributed by atoms with E-state index in [1.165, 1.54) is 28.5 Å². The van der Waals surface area contributed by atoms with Gasteiger partial charge in [0.15, 0.2) is 0 Å². The van der Waals surface area contributed by atoms with Crippen molar-refractivity contribution in [2.75, 3.05) is 0 Å². The Morgan fingerprint density at radius 2 is 2.04 bits per heavy atom. The van der Waals surface area contributed by atoms with Gasteiger partial charge < -0.3 is 10.1 Å². The van der Waals surface area contributed by atoms with Crippen molar-refractivity contribution in [3.63, 3.8) is 0 Å². The highest BCUT2D eigenvalue weighted by molar-refractivity contribution is 8.26. The van der Waals surface area contributed by atoms with Gasteiger partial charge in [-0.25, -0.2) is 0 Å². The predicted molar refractivity (Wildman–Crippen MR) is 103 cm³/mol. The molecular formula is C19H17NO2S2. The first kappa shape index (κ1) is 16.7. The Morgan fingerprint density at radius 3 is 2.79 bits per heavy atom. The summed E-state index contributed by atoms with van der Waals surface area (Å²) in [5.74, 6) is 0.628. The molecule has 1 heterocycles. The van der Waals surface area contributed by atoms with Gasteiger partial charge in [-0.15, -0.1) is 0 Å². The van der Waals surface area contributed by atoms with Gasteiger partial charge >= 0.3 is 0 Å². The number of hydrogen-bond donors (Lipinski definition) is 1. The largest absolute Gasteiger partial charge is 0.489 e. The summed E-state index contributed by atoms with van der Waals surface area (Å²) in [6, 6.07) is 14.0. The zero-order chi connectivity index (χ0) is 17.1. The van der Waals surface area contributed by atoms with Crippen LogP contribution in [0.3, 0.4) is 0 Å². The van der Waals surface area contributed by atoms with Crippen LogP contribution in [0.15, 0.2) is 47.4 Å². The molecule has 2 aromatic rings. The highest BCUT2D eigenvalue weighted by Gasteiger charge is 2.21. The Balaban J connectivity index is 1.74. The number of carbonyl (C=O) groups excluding carboxylic acids is 1. The van der Waals surface area contributed by atoms with Gasteiger partial charge in [-0.3, -0.25) is 4.79 Å². The first-order chi connectivity index (χ1) is 11.5. The van der Waals surface area contributed by atoms with Crippen molar-refractivity contribution in [1.82, 2.24) is 5.32 Å². The summed E-state index contributed by atoms with van der Waals surface area (Å²) in [5, 5.41) is 2.62. The van der Waals surface area contributed by atoms with Crippen LogP contribution < -0.4 is 10.1 Å². The molecule has 0 atom stereocenters. The van der Waals surface area contributed by atoms with Crippen molar-refractivity contribution in [1.29, 1.82) is 0 Å². The summed E-state index contributed by atoms with van der Waals surface area (Å²) < 4.78 is 6.41. The van der Waals surface area contributed by atoms with Crippen molar-refractivity contribution in [3.05, 3.63) is 69.6 Å². The van der Waals surface area contributed by atoms with Crippen LogP contribution in [-0.2, 0) is 11.4 Å². The fraction of sp³-hybridized carbons (Fsp3) is 0.158. The summed E-state index contributed by atoms with van der Waals surface area (Å²) >= 11 is 6.28. The van der Waals surface area contributed by atoms with Gasteiger partial charge in [0.05, 0.1) is 4.91 Å². The number of thiocarbonyl (C=S) groups is 1. The van der Waals surface area contributed by atoms with Crippen LogP contribution in [0.5, 0.6) is 5.75 Å². The molecule has 2 aromatic carbocycles. The molecule has 1 amide bonds. The number of carbonyl (C=O) groups is 1. The van der Waals surface area contributed by atoms with Crippen molar-refractivity contribution in [2.45, 2.75) is 20.5 Å². The summed E-state index contributed by atoms with van der Waals surface area (Å²) in [7, 11) is 0. The Kier molecular flexibility index (Phi) is 5.02. The molecule has 1 saturated heterocycles. The first-order valence-corrected chi connectivity index (χ1v) is 8.77. The second kappa shape index (κ2) is 7.20. The summed E-state index contributed by atoms with van der Waals surface area (Å²) in [6.07, 6.45) is 1.82. The molecule has 3 nitrogen and oxygen atoms in total. The van der Waals surface area contributed by atoms with Crippen molar-refractivity contribution in [2.24, 2.45) is 0 Å². The fourth-order valence-electron chi connectivity index (χ4n) is 2.38. The third-order valence-electron chi connectivity index (χ3n) is 3.70. The van der Waals surface area contributed by atoms with E-state index >= 15 is 0 Å². The highest BCUT2D eigenvalue weighted by atomic mass is 32.2. The van der Waals surface area contributed by atoms with E-state index in [4.69, 9.17) is 17.0 Å². The lowest BCUT2D eigenvalue weighted by atomic mass is 10.1. The number of nitrogens with one attached hydrogen (secondary N) is 1. The zero-order valence-electron chi connectivity index (χ0n) is 13.5. The monoisotopic (exact) mass is 355 g/mol. The van der Waals surface area contributed by atoms with Gasteiger partial charge in [-0.1, -0.05) is 59.9 Å². The lowest BCUT2D eigenvalue weighted by molar-refractivity contribution is -0.115. The molecule has 0 radical (unpaired) electrons. The van der Waals surface area contributed by atoms with Gasteiger partial charge in [0.2, 0.25) is 0 Å². The number of aryl methyl sites for hydroxylation is 2. The number of rotatable bonds is 4. The minimum absolute atomic E-state index is 0.147. The summed E-state index contributed by atoms with van der Waals surface area (Å²) in [4.78, 5) is 12.3. The van der Waals surface area contributed by atoms with E-state index in [2.05, 4.69) is 37.4 Å². The van der Waals surface area contributed by atoms with Gasteiger partial charge in [0, 0.05) is 0 Å². The molecule has 1 aliphatic rings. The summed E-state index contributed by atoms with van der Waals surface area (Å²) in [6.45, 7) is 4.68. The molecule has 3 rings (SSSR count). The molecule has 0 bridgehead atoms. The third kappa shape index (κ3) is 4.04. The van der Waals surface area contributed by atoms with E-state index in [0.29, 0.717) is 15.8 Å². The van der Waals surface area contributed by atoms with E-state index in [0.717, 1.165) is 11.3 Å². The molecule has 5 heteroatoms. The van der Waals surface area contributed by atoms with Crippen LogP contribution >= 0.6 is 24.0 Å². The Hall–Kier alpha value is -2.11.